The van der Waals surface area contributed by atoms with Crippen LogP contribution in [0.5, 0.6) is 0 Å². The largest absolute Gasteiger partial charge is 0.507 e. The molecule has 0 aromatic heterocycles. The highest BCUT2D eigenvalue weighted by molar-refractivity contribution is 6.46. The molecule has 0 radical (unpaired) electrons. The number of nitrogens with zero attached hydrogens (tertiary/aromatic N) is 2. The number of rotatable bonds is 12. The molecule has 188 valence electrons. The molecule has 0 bridgehead atoms. The van der Waals surface area contributed by atoms with E-state index in [9.17, 15) is 19.1 Å². The first-order valence-electron chi connectivity index (χ1n) is 12.4. The van der Waals surface area contributed by atoms with E-state index >= 15 is 0 Å². The third-order valence-corrected chi connectivity index (χ3v) is 6.62. The molecule has 1 amide bonds. The number of carbonyl (C=O) groups excluding carboxylic acids is 2. The average Bonchev–Trinajstić information content (AvgIpc) is 3.10. The second-order valence-corrected chi connectivity index (χ2v) is 9.39. The highest BCUT2D eigenvalue weighted by Crippen LogP contribution is 2.39. The summed E-state index contributed by atoms with van der Waals surface area (Å²) in [7, 11) is 0. The summed E-state index contributed by atoms with van der Waals surface area (Å²) in [5.41, 5.74) is 0.984. The molecule has 1 fully saturated rings. The SMILES string of the molecule is CCCCN(CCCC)CCCN1C(=O)C(=O)C(=C(O)c2ccc(F)cc2)C1c1ccc(Cl)cc1. The molecule has 0 spiro atoms. The van der Waals surface area contributed by atoms with Gasteiger partial charge < -0.3 is 14.9 Å². The van der Waals surface area contributed by atoms with E-state index in [4.69, 9.17) is 11.6 Å². The Labute approximate surface area is 212 Å². The van der Waals surface area contributed by atoms with Gasteiger partial charge in [0.05, 0.1) is 11.6 Å². The highest BCUT2D eigenvalue weighted by atomic mass is 35.5. The number of unbranched alkanes of at least 4 members (excludes halogenated alkanes) is 2. The quantitative estimate of drug-likeness (QED) is 0.214. The van der Waals surface area contributed by atoms with Crippen molar-refractivity contribution in [3.05, 3.63) is 76.1 Å². The van der Waals surface area contributed by atoms with Gasteiger partial charge in [0.25, 0.3) is 11.7 Å². The first-order chi connectivity index (χ1) is 16.9. The molecule has 0 saturated carbocycles. The molecule has 2 aromatic rings. The summed E-state index contributed by atoms with van der Waals surface area (Å²) >= 11 is 6.07. The summed E-state index contributed by atoms with van der Waals surface area (Å²) in [6.45, 7) is 7.58. The first kappa shape index (κ1) is 26.9. The Morgan fingerprint density at radius 3 is 2.09 bits per heavy atom. The van der Waals surface area contributed by atoms with E-state index in [1.807, 2.05) is 0 Å². The number of hydrogen-bond acceptors (Lipinski definition) is 4. The number of Topliss-reactive ketones (excluding diaryl/α,β-unsaturated/α-hetero) is 1. The van der Waals surface area contributed by atoms with Crippen molar-refractivity contribution in [1.29, 1.82) is 0 Å². The van der Waals surface area contributed by atoms with Gasteiger partial charge in [0.1, 0.15) is 11.6 Å². The van der Waals surface area contributed by atoms with Gasteiger partial charge in [-0.1, -0.05) is 50.4 Å². The molecule has 1 N–H and O–H groups in total. The van der Waals surface area contributed by atoms with Crippen molar-refractivity contribution in [1.82, 2.24) is 9.80 Å². The molecule has 35 heavy (non-hydrogen) atoms. The minimum atomic E-state index is -0.739. The number of aliphatic hydroxyl groups is 1. The molecule has 1 atom stereocenters. The third-order valence-electron chi connectivity index (χ3n) is 6.37. The fourth-order valence-electron chi connectivity index (χ4n) is 4.43. The Morgan fingerprint density at radius 2 is 1.51 bits per heavy atom. The maximum Gasteiger partial charge on any atom is 0.295 e. The number of aliphatic hydroxyl groups excluding tert-OH is 1. The van der Waals surface area contributed by atoms with E-state index in [2.05, 4.69) is 18.7 Å². The summed E-state index contributed by atoms with van der Waals surface area (Å²) in [6, 6.07) is 11.4. The minimum Gasteiger partial charge on any atom is -0.507 e. The number of amides is 1. The van der Waals surface area contributed by atoms with E-state index in [0.29, 0.717) is 23.6 Å². The molecular formula is C28H34ClFN2O3. The van der Waals surface area contributed by atoms with Gasteiger partial charge in [0, 0.05) is 17.1 Å². The molecule has 2 aromatic carbocycles. The monoisotopic (exact) mass is 500 g/mol. The summed E-state index contributed by atoms with van der Waals surface area (Å²) in [4.78, 5) is 30.2. The molecule has 7 heteroatoms. The number of carbonyl (C=O) groups is 2. The van der Waals surface area contributed by atoms with Gasteiger partial charge in [-0.3, -0.25) is 9.59 Å². The Morgan fingerprint density at radius 1 is 0.943 bits per heavy atom. The Bertz CT molecular complexity index is 1030. The Balaban J connectivity index is 1.90. The maximum atomic E-state index is 13.4. The number of ketones is 1. The average molecular weight is 501 g/mol. The van der Waals surface area contributed by atoms with Crippen LogP contribution in [0, 0.1) is 5.82 Å². The molecule has 1 aliphatic heterocycles. The van der Waals surface area contributed by atoms with E-state index in [-0.39, 0.29) is 16.9 Å². The van der Waals surface area contributed by atoms with Crippen molar-refractivity contribution in [2.24, 2.45) is 0 Å². The van der Waals surface area contributed by atoms with Crippen LogP contribution >= 0.6 is 11.6 Å². The molecular weight excluding hydrogens is 467 g/mol. The van der Waals surface area contributed by atoms with Gasteiger partial charge in [0.15, 0.2) is 0 Å². The molecule has 5 nitrogen and oxygen atoms in total. The molecule has 0 aliphatic carbocycles. The van der Waals surface area contributed by atoms with Crippen molar-refractivity contribution in [2.75, 3.05) is 26.2 Å². The van der Waals surface area contributed by atoms with Crippen molar-refractivity contribution < 1.29 is 19.1 Å². The fourth-order valence-corrected chi connectivity index (χ4v) is 4.56. The minimum absolute atomic E-state index is 0.0118. The lowest BCUT2D eigenvalue weighted by molar-refractivity contribution is -0.140. The van der Waals surface area contributed by atoms with Crippen LogP contribution in [0.1, 0.15) is 63.1 Å². The summed E-state index contributed by atoms with van der Waals surface area (Å²) in [5.74, 6) is -2.13. The van der Waals surface area contributed by atoms with Crippen LogP contribution in [-0.4, -0.2) is 52.8 Å². The Hall–Kier alpha value is -2.70. The van der Waals surface area contributed by atoms with Crippen molar-refractivity contribution in [2.45, 2.75) is 52.0 Å². The fraction of sp³-hybridized carbons (Fsp3) is 0.429. The Kier molecular flexibility index (Phi) is 9.87. The molecule has 3 rings (SSSR count). The number of hydrogen-bond donors (Lipinski definition) is 1. The maximum absolute atomic E-state index is 13.4. The van der Waals surface area contributed by atoms with Crippen molar-refractivity contribution in [3.63, 3.8) is 0 Å². The van der Waals surface area contributed by atoms with Crippen LogP contribution in [0.15, 0.2) is 54.1 Å². The lowest BCUT2D eigenvalue weighted by Gasteiger charge is -2.27. The van der Waals surface area contributed by atoms with Gasteiger partial charge in [-0.25, -0.2) is 4.39 Å². The zero-order valence-corrected chi connectivity index (χ0v) is 21.2. The van der Waals surface area contributed by atoms with Gasteiger partial charge >= 0.3 is 0 Å². The third kappa shape index (κ3) is 6.71. The topological polar surface area (TPSA) is 60.9 Å². The van der Waals surface area contributed by atoms with Crippen LogP contribution < -0.4 is 0 Å². The van der Waals surface area contributed by atoms with Gasteiger partial charge in [0.2, 0.25) is 0 Å². The van der Waals surface area contributed by atoms with Gasteiger partial charge in [-0.15, -0.1) is 0 Å². The lowest BCUT2D eigenvalue weighted by atomic mass is 9.95. The normalized spacial score (nSPS) is 17.5. The second-order valence-electron chi connectivity index (χ2n) is 8.95. The molecule has 1 aliphatic rings. The van der Waals surface area contributed by atoms with Crippen molar-refractivity contribution in [3.8, 4) is 0 Å². The predicted molar refractivity (Wildman–Crippen MR) is 138 cm³/mol. The predicted octanol–water partition coefficient (Wildman–Crippen LogP) is 6.19. The number of benzene rings is 2. The molecule has 1 heterocycles. The van der Waals surface area contributed by atoms with Gasteiger partial charge in [-0.05, 0) is 80.9 Å². The number of likely N-dealkylation sites (tertiary alicyclic amines) is 1. The van der Waals surface area contributed by atoms with E-state index in [0.717, 1.165) is 45.3 Å². The summed E-state index contributed by atoms with van der Waals surface area (Å²) < 4.78 is 13.4. The van der Waals surface area contributed by atoms with E-state index < -0.39 is 23.5 Å². The second kappa shape index (κ2) is 12.8. The smallest absolute Gasteiger partial charge is 0.295 e. The van der Waals surface area contributed by atoms with Crippen LogP contribution in [0.4, 0.5) is 4.39 Å². The zero-order valence-electron chi connectivity index (χ0n) is 20.5. The summed E-state index contributed by atoms with van der Waals surface area (Å²) in [5, 5.41) is 11.6. The zero-order chi connectivity index (χ0) is 25.4. The van der Waals surface area contributed by atoms with E-state index in [1.165, 1.54) is 24.3 Å². The summed E-state index contributed by atoms with van der Waals surface area (Å²) in [6.07, 6.45) is 5.20. The van der Waals surface area contributed by atoms with Crippen LogP contribution in [-0.2, 0) is 9.59 Å². The molecule has 1 saturated heterocycles. The van der Waals surface area contributed by atoms with Crippen LogP contribution in [0.25, 0.3) is 5.76 Å². The van der Waals surface area contributed by atoms with Gasteiger partial charge in [-0.2, -0.15) is 0 Å². The van der Waals surface area contributed by atoms with E-state index in [1.54, 1.807) is 29.2 Å². The van der Waals surface area contributed by atoms with Crippen LogP contribution in [0.3, 0.4) is 0 Å². The van der Waals surface area contributed by atoms with Crippen LogP contribution in [0.2, 0.25) is 5.02 Å². The lowest BCUT2D eigenvalue weighted by Crippen LogP contribution is -2.34. The number of halogens is 2. The first-order valence-corrected chi connectivity index (χ1v) is 12.8. The van der Waals surface area contributed by atoms with Crippen molar-refractivity contribution >= 4 is 29.1 Å². The molecule has 1 unspecified atom stereocenters. The highest BCUT2D eigenvalue weighted by Gasteiger charge is 2.45. The standard InChI is InChI=1S/C28H34ClFN2O3/c1-3-5-16-31(17-6-4-2)18-7-19-32-25(20-8-12-22(29)13-9-20)24(27(34)28(32)35)26(33)21-10-14-23(30)15-11-21/h8-15,25,33H,3-7,16-19H2,1-2H3.